The first-order chi connectivity index (χ1) is 12.5. The largest absolute Gasteiger partial charge is 0.497 e. The second-order valence-corrected chi connectivity index (χ2v) is 7.05. The molecule has 3 amide bonds. The normalized spacial score (nSPS) is 11.9. The van der Waals surface area contributed by atoms with Crippen LogP contribution < -0.4 is 20.1 Å². The summed E-state index contributed by atoms with van der Waals surface area (Å²) >= 11 is 0. The Morgan fingerprint density at radius 2 is 1.59 bits per heavy atom. The Balaban J connectivity index is 2.52. The summed E-state index contributed by atoms with van der Waals surface area (Å²) in [5, 5.41) is 4.74. The highest BCUT2D eigenvalue weighted by atomic mass is 16.5. The molecule has 0 aromatic heterocycles. The van der Waals surface area contributed by atoms with Crippen molar-refractivity contribution in [2.24, 2.45) is 0 Å². The standard InChI is InChI=1S/C19H28N2O6/c1-12(17(23)20-18(24)21-19(2,3)4)27-16(22)8-7-13-9-14(25-5)11-15(10-13)26-6/h9-12H,7-8H2,1-6H3,(H2,20,21,23,24)/t12-/m1/s1. The van der Waals surface area contributed by atoms with Crippen LogP contribution >= 0.6 is 0 Å². The topological polar surface area (TPSA) is 103 Å². The predicted molar refractivity (Wildman–Crippen MR) is 99.8 cm³/mol. The van der Waals surface area contributed by atoms with E-state index >= 15 is 0 Å². The smallest absolute Gasteiger partial charge is 0.321 e. The second kappa shape index (κ2) is 9.80. The highest BCUT2D eigenvalue weighted by Gasteiger charge is 2.22. The van der Waals surface area contributed by atoms with Crippen LogP contribution in [0.15, 0.2) is 18.2 Å². The monoisotopic (exact) mass is 380 g/mol. The molecule has 8 heteroatoms. The van der Waals surface area contributed by atoms with E-state index in [2.05, 4.69) is 10.6 Å². The van der Waals surface area contributed by atoms with E-state index in [0.717, 1.165) is 5.56 Å². The first-order valence-corrected chi connectivity index (χ1v) is 8.58. The van der Waals surface area contributed by atoms with Gasteiger partial charge in [-0.3, -0.25) is 14.9 Å². The number of benzene rings is 1. The van der Waals surface area contributed by atoms with Crippen LogP contribution in [0.5, 0.6) is 11.5 Å². The van der Waals surface area contributed by atoms with Gasteiger partial charge in [0.05, 0.1) is 14.2 Å². The van der Waals surface area contributed by atoms with Crippen molar-refractivity contribution in [2.45, 2.75) is 52.2 Å². The maximum atomic E-state index is 12.0. The molecule has 27 heavy (non-hydrogen) atoms. The number of urea groups is 1. The maximum Gasteiger partial charge on any atom is 0.321 e. The lowest BCUT2D eigenvalue weighted by atomic mass is 10.1. The highest BCUT2D eigenvalue weighted by molar-refractivity contribution is 5.97. The van der Waals surface area contributed by atoms with Gasteiger partial charge in [0.1, 0.15) is 11.5 Å². The zero-order valence-corrected chi connectivity index (χ0v) is 16.7. The van der Waals surface area contributed by atoms with Crippen molar-refractivity contribution in [2.75, 3.05) is 14.2 Å². The average Bonchev–Trinajstić information content (AvgIpc) is 2.57. The van der Waals surface area contributed by atoms with E-state index in [-0.39, 0.29) is 6.42 Å². The highest BCUT2D eigenvalue weighted by Crippen LogP contribution is 2.23. The summed E-state index contributed by atoms with van der Waals surface area (Å²) in [6.45, 7) is 6.77. The number of methoxy groups -OCH3 is 2. The number of ether oxygens (including phenoxy) is 3. The summed E-state index contributed by atoms with van der Waals surface area (Å²) in [6.07, 6.45) is -0.615. The summed E-state index contributed by atoms with van der Waals surface area (Å²) in [5.41, 5.74) is 0.354. The zero-order valence-electron chi connectivity index (χ0n) is 16.7. The van der Waals surface area contributed by atoms with Crippen molar-refractivity contribution in [1.82, 2.24) is 10.6 Å². The molecule has 1 aromatic rings. The Morgan fingerprint density at radius 1 is 1.04 bits per heavy atom. The van der Waals surface area contributed by atoms with Gasteiger partial charge in [-0.2, -0.15) is 0 Å². The number of hydrogen-bond donors (Lipinski definition) is 2. The van der Waals surface area contributed by atoms with Gasteiger partial charge in [0.25, 0.3) is 5.91 Å². The number of imide groups is 1. The van der Waals surface area contributed by atoms with Gasteiger partial charge in [-0.1, -0.05) is 0 Å². The quantitative estimate of drug-likeness (QED) is 0.703. The third kappa shape index (κ3) is 8.44. The van der Waals surface area contributed by atoms with Crippen LogP contribution in [0.25, 0.3) is 0 Å². The van der Waals surface area contributed by atoms with Gasteiger partial charge in [-0.25, -0.2) is 4.79 Å². The van der Waals surface area contributed by atoms with Crippen LogP contribution in [0, 0.1) is 0 Å². The maximum absolute atomic E-state index is 12.0. The van der Waals surface area contributed by atoms with E-state index in [1.807, 2.05) is 0 Å². The van der Waals surface area contributed by atoms with Crippen molar-refractivity contribution in [3.8, 4) is 11.5 Å². The van der Waals surface area contributed by atoms with Crippen molar-refractivity contribution in [1.29, 1.82) is 0 Å². The molecule has 0 aliphatic carbocycles. The number of nitrogens with one attached hydrogen (secondary N) is 2. The first kappa shape index (κ1) is 22.3. The van der Waals surface area contributed by atoms with E-state index in [9.17, 15) is 14.4 Å². The molecule has 0 aliphatic heterocycles. The molecule has 8 nitrogen and oxygen atoms in total. The fraction of sp³-hybridized carbons (Fsp3) is 0.526. The predicted octanol–water partition coefficient (Wildman–Crippen LogP) is 2.19. The van der Waals surface area contributed by atoms with Crippen molar-refractivity contribution < 1.29 is 28.6 Å². The fourth-order valence-corrected chi connectivity index (χ4v) is 2.15. The minimum atomic E-state index is -1.08. The van der Waals surface area contributed by atoms with Gasteiger partial charge in [-0.05, 0) is 51.8 Å². The van der Waals surface area contributed by atoms with Crippen LogP contribution in [0.2, 0.25) is 0 Å². The number of aryl methyl sites for hydroxylation is 1. The molecule has 0 saturated carbocycles. The molecule has 0 unspecified atom stereocenters. The summed E-state index contributed by atoms with van der Waals surface area (Å²) in [7, 11) is 3.09. The lowest BCUT2D eigenvalue weighted by Gasteiger charge is -2.21. The summed E-state index contributed by atoms with van der Waals surface area (Å²) < 4.78 is 15.5. The zero-order chi connectivity index (χ0) is 20.6. The number of carbonyl (C=O) groups is 3. The number of amides is 3. The van der Waals surface area contributed by atoms with E-state index in [1.165, 1.54) is 6.92 Å². The molecule has 1 aromatic carbocycles. The molecule has 0 bridgehead atoms. The molecule has 2 N–H and O–H groups in total. The lowest BCUT2D eigenvalue weighted by molar-refractivity contribution is -0.154. The van der Waals surface area contributed by atoms with Gasteiger partial charge in [-0.15, -0.1) is 0 Å². The molecule has 1 rings (SSSR count). The van der Waals surface area contributed by atoms with Crippen molar-refractivity contribution in [3.63, 3.8) is 0 Å². The Hall–Kier alpha value is -2.77. The van der Waals surface area contributed by atoms with Crippen molar-refractivity contribution in [3.05, 3.63) is 23.8 Å². The van der Waals surface area contributed by atoms with Crippen LogP contribution in [0.4, 0.5) is 4.79 Å². The minimum Gasteiger partial charge on any atom is -0.497 e. The van der Waals surface area contributed by atoms with Gasteiger partial charge in [0, 0.05) is 18.0 Å². The third-order valence-electron chi connectivity index (χ3n) is 3.43. The molecule has 0 spiro atoms. The van der Waals surface area contributed by atoms with Gasteiger partial charge in [0.15, 0.2) is 6.10 Å². The molecular formula is C19H28N2O6. The number of carbonyl (C=O) groups excluding carboxylic acids is 3. The number of esters is 1. The molecular weight excluding hydrogens is 352 g/mol. The van der Waals surface area contributed by atoms with Crippen LogP contribution in [0.1, 0.15) is 39.7 Å². The Kier molecular flexibility index (Phi) is 8.08. The van der Waals surface area contributed by atoms with E-state index in [1.54, 1.807) is 53.2 Å². The Labute approximate surface area is 159 Å². The van der Waals surface area contributed by atoms with Gasteiger partial charge >= 0.3 is 12.0 Å². The van der Waals surface area contributed by atoms with Gasteiger partial charge in [0.2, 0.25) is 0 Å². The molecule has 0 aliphatic rings. The van der Waals surface area contributed by atoms with E-state index in [4.69, 9.17) is 14.2 Å². The number of rotatable bonds is 7. The molecule has 0 fully saturated rings. The second-order valence-electron chi connectivity index (χ2n) is 7.05. The summed E-state index contributed by atoms with van der Waals surface area (Å²) in [4.78, 5) is 35.6. The molecule has 0 saturated heterocycles. The average molecular weight is 380 g/mol. The third-order valence-corrected chi connectivity index (χ3v) is 3.43. The molecule has 1 atom stereocenters. The first-order valence-electron chi connectivity index (χ1n) is 8.58. The van der Waals surface area contributed by atoms with E-state index < -0.39 is 29.6 Å². The molecule has 150 valence electrons. The number of hydrogen-bond acceptors (Lipinski definition) is 6. The van der Waals surface area contributed by atoms with Crippen LogP contribution in [-0.2, 0) is 20.7 Å². The SMILES string of the molecule is COc1cc(CCC(=O)O[C@H](C)C(=O)NC(=O)NC(C)(C)C)cc(OC)c1. The minimum absolute atomic E-state index is 0.0716. The van der Waals surface area contributed by atoms with Crippen molar-refractivity contribution >= 4 is 17.9 Å². The Bertz CT molecular complexity index is 659. The van der Waals surface area contributed by atoms with E-state index in [0.29, 0.717) is 17.9 Å². The fourth-order valence-electron chi connectivity index (χ4n) is 2.15. The summed E-state index contributed by atoms with van der Waals surface area (Å²) in [5.74, 6) is 0.00876. The summed E-state index contributed by atoms with van der Waals surface area (Å²) in [6, 6.07) is 4.68. The molecule has 0 heterocycles. The van der Waals surface area contributed by atoms with Gasteiger partial charge < -0.3 is 19.5 Å². The Morgan fingerprint density at radius 3 is 2.07 bits per heavy atom. The van der Waals surface area contributed by atoms with Crippen LogP contribution in [0.3, 0.4) is 0 Å². The lowest BCUT2D eigenvalue weighted by Crippen LogP contribution is -2.50. The van der Waals surface area contributed by atoms with Crippen LogP contribution in [-0.4, -0.2) is 43.8 Å². The molecule has 0 radical (unpaired) electrons.